The van der Waals surface area contributed by atoms with Crippen molar-refractivity contribution >= 4 is 43.4 Å². The minimum Gasteiger partial charge on any atom is -0.900 e. The Balaban J connectivity index is -0.0000000105. The van der Waals surface area contributed by atoms with Crippen LogP contribution >= 0.6 is 0 Å². The Hall–Kier alpha value is 1.06. The number of rotatable bonds is 0. The van der Waals surface area contributed by atoms with Gasteiger partial charge < -0.3 is 15.5 Å². The predicted molar refractivity (Wildman–Crippen MR) is 29.5 cm³/mol. The molecular weight excluding hydrogens is 127 g/mol. The van der Waals surface area contributed by atoms with Gasteiger partial charge >= 0.3 is 23.1 Å². The minimum absolute atomic E-state index is 0. The Morgan fingerprint density at radius 1 is 1.29 bits per heavy atom. The first-order valence-corrected chi connectivity index (χ1v) is 1.97. The molecule has 0 heterocycles. The zero-order valence-corrected chi connectivity index (χ0v) is 6.46. The van der Waals surface area contributed by atoms with E-state index in [0.717, 1.165) is 0 Å². The molecule has 0 aromatic heterocycles. The van der Waals surface area contributed by atoms with Crippen LogP contribution in [0.3, 0.4) is 0 Å². The molecule has 0 amide bonds. The topological polar surface area (TPSA) is 76.1 Å². The minimum atomic E-state index is -0.500. The van der Waals surface area contributed by atoms with Gasteiger partial charge in [-0.15, -0.1) is 0 Å². The monoisotopic (exact) mass is 133 g/mol. The van der Waals surface area contributed by atoms with Gasteiger partial charge in [0.25, 0.3) is 0 Å². The van der Waals surface area contributed by atoms with Crippen LogP contribution in [0.5, 0.6) is 0 Å². The summed E-state index contributed by atoms with van der Waals surface area (Å²) in [4.78, 5) is 0. The summed E-state index contributed by atoms with van der Waals surface area (Å²) < 4.78 is 0. The van der Waals surface area contributed by atoms with Crippen molar-refractivity contribution in [1.29, 1.82) is 0 Å². The number of hydrogen-bond donors (Lipinski definition) is 0. The molecule has 0 aromatic carbocycles. The van der Waals surface area contributed by atoms with E-state index in [1.165, 1.54) is 0 Å². The van der Waals surface area contributed by atoms with Crippen LogP contribution in [0.1, 0.15) is 0 Å². The zero-order chi connectivity index (χ0) is 4.71. The Labute approximate surface area is 65.3 Å². The first-order valence-electron chi connectivity index (χ1n) is 0.971. The van der Waals surface area contributed by atoms with E-state index in [1.54, 1.807) is 6.26 Å². The molecule has 0 rings (SSSR count). The van der Waals surface area contributed by atoms with Gasteiger partial charge in [-0.05, 0) is 12.6 Å². The van der Waals surface area contributed by atoms with Gasteiger partial charge in [0.15, 0.2) is 0 Å². The first-order chi connectivity index (χ1) is 2.41. The quantitative estimate of drug-likeness (QED) is 0.252. The van der Waals surface area contributed by atoms with Crippen molar-refractivity contribution in [1.82, 2.24) is 0 Å². The Morgan fingerprint density at radius 3 is 1.29 bits per heavy atom. The Bertz CT molecular complexity index is 14.9. The molecule has 0 saturated carbocycles. The van der Waals surface area contributed by atoms with Crippen LogP contribution in [0.2, 0.25) is 0 Å². The molecule has 39 valence electrons. The van der Waals surface area contributed by atoms with E-state index < -0.39 is 7.69 Å². The predicted octanol–water partition coefficient (Wildman–Crippen LogP) is -3.69. The average Bonchev–Trinajstić information content (AvgIpc) is 1.46. The van der Waals surface area contributed by atoms with Crippen LogP contribution in [0.15, 0.2) is 0 Å². The molecule has 3 nitrogen and oxygen atoms in total. The summed E-state index contributed by atoms with van der Waals surface area (Å²) in [6, 6.07) is 0. The normalized spacial score (nSPS) is 2.86. The average molecular weight is 133 g/mol. The molecule has 0 unspecified atom stereocenters. The van der Waals surface area contributed by atoms with Crippen LogP contribution in [-0.2, 0) is 12.6 Å². The molecule has 1 radical (unpaired) electrons. The van der Waals surface area contributed by atoms with Gasteiger partial charge in [-0.1, -0.05) is 0 Å². The van der Waals surface area contributed by atoms with E-state index in [1.807, 2.05) is 0 Å². The third-order valence-electron chi connectivity index (χ3n) is 0. The smallest absolute Gasteiger partial charge is 0.900 e. The molecule has 0 spiro atoms. The van der Waals surface area contributed by atoms with Crippen LogP contribution in [0.4, 0.5) is 0 Å². The van der Waals surface area contributed by atoms with Crippen molar-refractivity contribution in [3.63, 3.8) is 0 Å². The van der Waals surface area contributed by atoms with E-state index in [9.17, 15) is 0 Å². The Morgan fingerprint density at radius 2 is 1.29 bits per heavy atom. The van der Waals surface area contributed by atoms with Crippen molar-refractivity contribution < 1.29 is 15.5 Å². The second-order valence-corrected chi connectivity index (χ2v) is 0.0962. The van der Waals surface area contributed by atoms with Crippen molar-refractivity contribution in [3.05, 3.63) is 0 Å². The molecule has 6 heteroatoms. The molecule has 0 atom stereocenters. The summed E-state index contributed by atoms with van der Waals surface area (Å²) in [6.07, 6.45) is 1.81. The van der Waals surface area contributed by atoms with Gasteiger partial charge in [-0.3, -0.25) is 0 Å². The molecule has 0 saturated heterocycles. The SMILES string of the molecule is C[SH2+].[Mg+2].[O-][B][O-].[OH-]. The van der Waals surface area contributed by atoms with E-state index in [4.69, 9.17) is 10.0 Å². The van der Waals surface area contributed by atoms with E-state index in [2.05, 4.69) is 12.6 Å². The maximum Gasteiger partial charge on any atom is 2.00 e. The molecule has 0 aromatic rings. The van der Waals surface area contributed by atoms with Crippen molar-refractivity contribution in [2.24, 2.45) is 0 Å². The number of hydrogen-bond acceptors (Lipinski definition) is 3. The summed E-state index contributed by atoms with van der Waals surface area (Å²) in [6.45, 7) is 0. The van der Waals surface area contributed by atoms with Crippen molar-refractivity contribution in [3.8, 4) is 0 Å². The maximum atomic E-state index is 8.25. The van der Waals surface area contributed by atoms with Crippen LogP contribution in [0.25, 0.3) is 0 Å². The van der Waals surface area contributed by atoms with E-state index in [0.29, 0.717) is 0 Å². The van der Waals surface area contributed by atoms with Gasteiger partial charge in [-0.25, -0.2) is 7.69 Å². The van der Waals surface area contributed by atoms with Crippen molar-refractivity contribution in [2.75, 3.05) is 6.26 Å². The second kappa shape index (κ2) is 61.1. The molecule has 0 aliphatic carbocycles. The zero-order valence-electron chi connectivity index (χ0n) is 4.05. The summed E-state index contributed by atoms with van der Waals surface area (Å²) in [5.74, 6) is 0. The molecule has 1 N–H and O–H groups in total. The molecule has 0 fully saturated rings. The second-order valence-electron chi connectivity index (χ2n) is 0.0962. The molecule has 0 aliphatic heterocycles. The summed E-state index contributed by atoms with van der Waals surface area (Å²) in [5.41, 5.74) is 0. The molecule has 0 aliphatic rings. The Kier molecular flexibility index (Phi) is 213. The summed E-state index contributed by atoms with van der Waals surface area (Å²) >= 11 is 2.97. The standard InChI is InChI=1S/CH4S.BO2.Mg.H2O/c1-2;2-1-3;;/h2H,1H3;;;1H2/q;-2;+2;. The molecule has 0 bridgehead atoms. The van der Waals surface area contributed by atoms with Gasteiger partial charge in [0.2, 0.25) is 0 Å². The van der Waals surface area contributed by atoms with Crippen LogP contribution < -0.4 is 10.0 Å². The van der Waals surface area contributed by atoms with Gasteiger partial charge in [0.05, 0.1) is 6.26 Å². The third kappa shape index (κ3) is 161. The molecular formula is CH6BMgO3S. The van der Waals surface area contributed by atoms with Gasteiger partial charge in [0.1, 0.15) is 0 Å². The van der Waals surface area contributed by atoms with Crippen molar-refractivity contribution in [2.45, 2.75) is 0 Å². The summed E-state index contributed by atoms with van der Waals surface area (Å²) in [5, 5.41) is 16.5. The summed E-state index contributed by atoms with van der Waals surface area (Å²) in [7, 11) is -0.500. The fourth-order valence-electron chi connectivity index (χ4n) is 0. The van der Waals surface area contributed by atoms with Gasteiger partial charge in [-0.2, -0.15) is 0 Å². The fourth-order valence-corrected chi connectivity index (χ4v) is 0. The third-order valence-corrected chi connectivity index (χ3v) is 0. The van der Waals surface area contributed by atoms with E-state index >= 15 is 0 Å². The van der Waals surface area contributed by atoms with Gasteiger partial charge in [0, 0.05) is 0 Å². The maximum absolute atomic E-state index is 8.25. The van der Waals surface area contributed by atoms with Crippen LogP contribution in [-0.4, -0.2) is 42.5 Å². The fraction of sp³-hybridized carbons (Fsp3) is 1.00. The van der Waals surface area contributed by atoms with E-state index in [-0.39, 0.29) is 28.5 Å². The first kappa shape index (κ1) is 24.4. The van der Waals surface area contributed by atoms with Crippen LogP contribution in [0, 0.1) is 0 Å². The molecule has 7 heavy (non-hydrogen) atoms. The largest absolute Gasteiger partial charge is 2.00 e.